The molecule has 2 rings (SSSR count). The van der Waals surface area contributed by atoms with Gasteiger partial charge in [0.25, 0.3) is 0 Å². The molecule has 0 spiro atoms. The Labute approximate surface area is 105 Å². The third kappa shape index (κ3) is 2.05. The van der Waals surface area contributed by atoms with E-state index in [9.17, 15) is 9.59 Å². The van der Waals surface area contributed by atoms with Gasteiger partial charge in [0.2, 0.25) is 5.78 Å². The van der Waals surface area contributed by atoms with Crippen LogP contribution in [0.2, 0.25) is 0 Å². The van der Waals surface area contributed by atoms with Crippen LogP contribution in [-0.2, 0) is 11.8 Å². The molecule has 0 atom stereocenters. The Kier molecular flexibility index (Phi) is 3.28. The van der Waals surface area contributed by atoms with Gasteiger partial charge in [-0.2, -0.15) is 0 Å². The van der Waals surface area contributed by atoms with Crippen molar-refractivity contribution in [3.8, 4) is 0 Å². The van der Waals surface area contributed by atoms with Crippen LogP contribution in [0, 0.1) is 0 Å². The van der Waals surface area contributed by atoms with Crippen LogP contribution in [0.25, 0.3) is 0 Å². The molecule has 0 amide bonds. The molecule has 92 valence electrons. The summed E-state index contributed by atoms with van der Waals surface area (Å²) >= 11 is 0. The maximum atomic E-state index is 12.2. The predicted octanol–water partition coefficient (Wildman–Crippen LogP) is 2.04. The van der Waals surface area contributed by atoms with Crippen molar-refractivity contribution in [2.24, 2.45) is 7.05 Å². The molecular weight excluding hydrogens is 230 g/mol. The van der Waals surface area contributed by atoms with Crippen molar-refractivity contribution in [3.05, 3.63) is 59.4 Å². The summed E-state index contributed by atoms with van der Waals surface area (Å²) < 4.78 is 6.19. The Balaban J connectivity index is 2.39. The number of benzene rings is 1. The topological polar surface area (TPSA) is 48.3 Å². The third-order valence-electron chi connectivity index (χ3n) is 2.78. The Hall–Kier alpha value is -2.36. The van der Waals surface area contributed by atoms with Crippen LogP contribution in [0.4, 0.5) is 0 Å². The van der Waals surface area contributed by atoms with Gasteiger partial charge >= 0.3 is 5.97 Å². The highest BCUT2D eigenvalue weighted by Gasteiger charge is 2.18. The second kappa shape index (κ2) is 4.87. The zero-order chi connectivity index (χ0) is 13.1. The van der Waals surface area contributed by atoms with Crippen LogP contribution in [0.1, 0.15) is 26.5 Å². The molecule has 2 aromatic rings. The first-order valence-corrected chi connectivity index (χ1v) is 5.49. The molecule has 1 heterocycles. The number of rotatable bonds is 3. The highest BCUT2D eigenvalue weighted by Crippen LogP contribution is 2.13. The minimum atomic E-state index is -0.454. The van der Waals surface area contributed by atoms with Gasteiger partial charge in [-0.1, -0.05) is 30.3 Å². The van der Waals surface area contributed by atoms with Crippen molar-refractivity contribution < 1.29 is 14.3 Å². The molecule has 4 heteroatoms. The van der Waals surface area contributed by atoms with E-state index in [4.69, 9.17) is 0 Å². The van der Waals surface area contributed by atoms with Gasteiger partial charge in [0.05, 0.1) is 12.8 Å². The molecule has 0 fully saturated rings. The number of methoxy groups -OCH3 is 1. The molecule has 0 bridgehead atoms. The van der Waals surface area contributed by atoms with E-state index in [-0.39, 0.29) is 5.78 Å². The average Bonchev–Trinajstić information content (AvgIpc) is 2.80. The van der Waals surface area contributed by atoms with E-state index in [0.717, 1.165) is 0 Å². The molecule has 18 heavy (non-hydrogen) atoms. The number of nitrogens with zero attached hydrogens (tertiary/aromatic N) is 1. The lowest BCUT2D eigenvalue weighted by Gasteiger charge is -2.05. The summed E-state index contributed by atoms with van der Waals surface area (Å²) in [5.41, 5.74) is 1.41. The third-order valence-corrected chi connectivity index (χ3v) is 2.78. The highest BCUT2D eigenvalue weighted by molar-refractivity contribution is 6.08. The fraction of sp³-hybridized carbons (Fsp3) is 0.143. The fourth-order valence-corrected chi connectivity index (χ4v) is 1.79. The molecule has 0 aliphatic heterocycles. The van der Waals surface area contributed by atoms with Crippen molar-refractivity contribution in [1.29, 1.82) is 0 Å². The first kappa shape index (κ1) is 12.1. The summed E-state index contributed by atoms with van der Waals surface area (Å²) in [6.45, 7) is 0. The molecule has 0 unspecified atom stereocenters. The minimum absolute atomic E-state index is 0.117. The first-order chi connectivity index (χ1) is 8.65. The number of esters is 1. The molecule has 0 aliphatic carbocycles. The summed E-state index contributed by atoms with van der Waals surface area (Å²) in [5.74, 6) is -0.571. The second-order valence-corrected chi connectivity index (χ2v) is 3.85. The molecule has 0 aliphatic rings. The van der Waals surface area contributed by atoms with Gasteiger partial charge < -0.3 is 9.30 Å². The van der Waals surface area contributed by atoms with Gasteiger partial charge in [-0.05, 0) is 12.1 Å². The predicted molar refractivity (Wildman–Crippen MR) is 66.6 cm³/mol. The molecular formula is C14H13NO3. The molecule has 1 aromatic carbocycles. The zero-order valence-electron chi connectivity index (χ0n) is 10.2. The van der Waals surface area contributed by atoms with Crippen LogP contribution < -0.4 is 0 Å². The SMILES string of the molecule is COC(=O)c1ccc(C(=O)c2ccccc2)n1C. The van der Waals surface area contributed by atoms with Crippen molar-refractivity contribution in [1.82, 2.24) is 4.57 Å². The highest BCUT2D eigenvalue weighted by atomic mass is 16.5. The van der Waals surface area contributed by atoms with Gasteiger partial charge in [0.15, 0.2) is 0 Å². The van der Waals surface area contributed by atoms with Crippen LogP contribution in [0.5, 0.6) is 0 Å². The van der Waals surface area contributed by atoms with E-state index >= 15 is 0 Å². The molecule has 0 radical (unpaired) electrons. The van der Waals surface area contributed by atoms with Gasteiger partial charge in [0, 0.05) is 12.6 Å². The lowest BCUT2D eigenvalue weighted by atomic mass is 10.1. The maximum Gasteiger partial charge on any atom is 0.354 e. The van der Waals surface area contributed by atoms with Crippen molar-refractivity contribution in [3.63, 3.8) is 0 Å². The van der Waals surface area contributed by atoms with E-state index in [1.54, 1.807) is 48.0 Å². The van der Waals surface area contributed by atoms with Crippen LogP contribution in [0.15, 0.2) is 42.5 Å². The summed E-state index contributed by atoms with van der Waals surface area (Å²) in [6, 6.07) is 12.2. The number of ketones is 1. The Bertz CT molecular complexity index is 584. The first-order valence-electron chi connectivity index (χ1n) is 5.49. The van der Waals surface area contributed by atoms with E-state index < -0.39 is 5.97 Å². The van der Waals surface area contributed by atoms with Crippen molar-refractivity contribution in [2.75, 3.05) is 7.11 Å². The number of aromatic nitrogens is 1. The molecule has 0 saturated carbocycles. The normalized spacial score (nSPS) is 10.1. The van der Waals surface area contributed by atoms with Gasteiger partial charge in [-0.25, -0.2) is 4.79 Å². The number of hydrogen-bond donors (Lipinski definition) is 0. The summed E-state index contributed by atoms with van der Waals surface area (Å²) in [6.07, 6.45) is 0. The number of carbonyl (C=O) groups excluding carboxylic acids is 2. The van der Waals surface area contributed by atoms with Crippen LogP contribution in [0.3, 0.4) is 0 Å². The standard InChI is InChI=1S/C14H13NO3/c1-15-11(8-9-12(15)14(17)18-2)13(16)10-6-4-3-5-7-10/h3-9H,1-2H3. The molecule has 1 aromatic heterocycles. The Morgan fingerprint density at radius 1 is 1.00 bits per heavy atom. The van der Waals surface area contributed by atoms with Gasteiger partial charge in [-0.15, -0.1) is 0 Å². The van der Waals surface area contributed by atoms with Crippen molar-refractivity contribution in [2.45, 2.75) is 0 Å². The van der Waals surface area contributed by atoms with Crippen molar-refractivity contribution >= 4 is 11.8 Å². The Morgan fingerprint density at radius 3 is 2.22 bits per heavy atom. The largest absolute Gasteiger partial charge is 0.464 e. The lowest BCUT2D eigenvalue weighted by molar-refractivity contribution is 0.0590. The summed E-state index contributed by atoms with van der Waals surface area (Å²) in [7, 11) is 2.98. The van der Waals surface area contributed by atoms with E-state index in [1.807, 2.05) is 6.07 Å². The summed E-state index contributed by atoms with van der Waals surface area (Å²) in [4.78, 5) is 23.7. The molecule has 0 saturated heterocycles. The zero-order valence-corrected chi connectivity index (χ0v) is 10.2. The molecule has 0 N–H and O–H groups in total. The quantitative estimate of drug-likeness (QED) is 0.612. The van der Waals surface area contributed by atoms with Gasteiger partial charge in [0.1, 0.15) is 5.69 Å². The number of hydrogen-bond acceptors (Lipinski definition) is 3. The minimum Gasteiger partial charge on any atom is -0.464 e. The average molecular weight is 243 g/mol. The second-order valence-electron chi connectivity index (χ2n) is 3.85. The fourth-order valence-electron chi connectivity index (χ4n) is 1.79. The van der Waals surface area contributed by atoms with Gasteiger partial charge in [-0.3, -0.25) is 4.79 Å². The maximum absolute atomic E-state index is 12.2. The smallest absolute Gasteiger partial charge is 0.354 e. The van der Waals surface area contributed by atoms with Crippen LogP contribution in [-0.4, -0.2) is 23.4 Å². The van der Waals surface area contributed by atoms with E-state index in [0.29, 0.717) is 17.0 Å². The lowest BCUT2D eigenvalue weighted by Crippen LogP contribution is -2.13. The van der Waals surface area contributed by atoms with E-state index in [1.165, 1.54) is 7.11 Å². The number of ether oxygens (including phenoxy) is 1. The van der Waals surface area contributed by atoms with Crippen LogP contribution >= 0.6 is 0 Å². The van der Waals surface area contributed by atoms with E-state index in [2.05, 4.69) is 4.74 Å². The Morgan fingerprint density at radius 2 is 1.61 bits per heavy atom. The summed E-state index contributed by atoms with van der Waals surface area (Å²) in [5, 5.41) is 0. The number of carbonyl (C=O) groups is 2. The molecule has 4 nitrogen and oxygen atoms in total. The monoisotopic (exact) mass is 243 g/mol.